The highest BCUT2D eigenvalue weighted by molar-refractivity contribution is 5.75. The summed E-state index contributed by atoms with van der Waals surface area (Å²) in [6.45, 7) is 4.99. The minimum absolute atomic E-state index is 0.205. The second-order valence-corrected chi connectivity index (χ2v) is 4.96. The molecule has 0 aromatic heterocycles. The second kappa shape index (κ2) is 4.69. The molecule has 1 unspecified atom stereocenters. The molecule has 92 valence electrons. The van der Waals surface area contributed by atoms with Gasteiger partial charge >= 0.3 is 5.97 Å². The van der Waals surface area contributed by atoms with Crippen LogP contribution >= 0.6 is 0 Å². The van der Waals surface area contributed by atoms with E-state index >= 15 is 0 Å². The van der Waals surface area contributed by atoms with E-state index in [1.807, 2.05) is 11.9 Å². The van der Waals surface area contributed by atoms with Crippen LogP contribution in [0.15, 0.2) is 0 Å². The molecule has 5 heteroatoms. The summed E-state index contributed by atoms with van der Waals surface area (Å²) in [6.07, 6.45) is 0.983. The number of rotatable bonds is 2. The minimum atomic E-state index is -0.677. The molecule has 2 atom stereocenters. The highest BCUT2D eigenvalue weighted by Gasteiger charge is 2.40. The second-order valence-electron chi connectivity index (χ2n) is 4.96. The van der Waals surface area contributed by atoms with E-state index in [0.29, 0.717) is 0 Å². The molecule has 0 saturated carbocycles. The van der Waals surface area contributed by atoms with Crippen LogP contribution in [0.4, 0.5) is 0 Å². The summed E-state index contributed by atoms with van der Waals surface area (Å²) >= 11 is 0. The number of nitrogens with zero attached hydrogens (tertiary/aromatic N) is 3. The predicted octanol–water partition coefficient (Wildman–Crippen LogP) is -0.609. The summed E-state index contributed by atoms with van der Waals surface area (Å²) in [6, 6.07) is -0.111. The van der Waals surface area contributed by atoms with Crippen molar-refractivity contribution in [2.75, 3.05) is 46.8 Å². The van der Waals surface area contributed by atoms with Crippen molar-refractivity contribution in [1.82, 2.24) is 14.7 Å². The van der Waals surface area contributed by atoms with Gasteiger partial charge in [0.25, 0.3) is 0 Å². The van der Waals surface area contributed by atoms with E-state index in [1.165, 1.54) is 0 Å². The fourth-order valence-corrected chi connectivity index (χ4v) is 2.82. The van der Waals surface area contributed by atoms with Crippen LogP contribution in [0.3, 0.4) is 0 Å². The van der Waals surface area contributed by atoms with Gasteiger partial charge in [0.05, 0.1) is 0 Å². The van der Waals surface area contributed by atoms with Crippen LogP contribution < -0.4 is 0 Å². The van der Waals surface area contributed by atoms with E-state index in [4.69, 9.17) is 0 Å². The molecular formula is C11H21N3O2. The van der Waals surface area contributed by atoms with Crippen LogP contribution in [-0.2, 0) is 4.79 Å². The molecule has 1 N–H and O–H groups in total. The highest BCUT2D eigenvalue weighted by atomic mass is 16.4. The Hall–Kier alpha value is -0.650. The average Bonchev–Trinajstić information content (AvgIpc) is 2.61. The van der Waals surface area contributed by atoms with Gasteiger partial charge < -0.3 is 10.0 Å². The molecule has 2 rings (SSSR count). The summed E-state index contributed by atoms with van der Waals surface area (Å²) in [5.41, 5.74) is 0. The fourth-order valence-electron chi connectivity index (χ4n) is 2.82. The molecule has 0 amide bonds. The highest BCUT2D eigenvalue weighted by Crippen LogP contribution is 2.22. The van der Waals surface area contributed by atoms with E-state index in [1.54, 1.807) is 0 Å². The van der Waals surface area contributed by atoms with E-state index in [9.17, 15) is 9.90 Å². The maximum Gasteiger partial charge on any atom is 0.322 e. The molecule has 0 aromatic carbocycles. The van der Waals surface area contributed by atoms with Crippen molar-refractivity contribution >= 4 is 5.97 Å². The van der Waals surface area contributed by atoms with Crippen molar-refractivity contribution in [2.45, 2.75) is 18.5 Å². The van der Waals surface area contributed by atoms with Gasteiger partial charge in [-0.3, -0.25) is 14.6 Å². The molecule has 0 aliphatic carbocycles. The van der Waals surface area contributed by atoms with Gasteiger partial charge in [0.2, 0.25) is 0 Å². The molecule has 0 spiro atoms. The Bertz CT molecular complexity index is 264. The molecular weight excluding hydrogens is 206 g/mol. The third kappa shape index (κ3) is 2.21. The van der Waals surface area contributed by atoms with Crippen molar-refractivity contribution in [1.29, 1.82) is 0 Å². The van der Waals surface area contributed by atoms with Crippen LogP contribution in [0.1, 0.15) is 6.42 Å². The van der Waals surface area contributed by atoms with Gasteiger partial charge in [-0.2, -0.15) is 0 Å². The SMILES string of the molecule is CN1CCN(C2CCN(C)[C@@H]2C(=O)O)CC1. The number of carbonyl (C=O) groups is 1. The Morgan fingerprint density at radius 3 is 2.31 bits per heavy atom. The normalized spacial score (nSPS) is 34.4. The van der Waals surface area contributed by atoms with Gasteiger partial charge in [-0.25, -0.2) is 0 Å². The van der Waals surface area contributed by atoms with Crippen molar-refractivity contribution in [3.8, 4) is 0 Å². The molecule has 0 aromatic rings. The van der Waals surface area contributed by atoms with Crippen LogP contribution in [-0.4, -0.2) is 84.7 Å². The van der Waals surface area contributed by atoms with E-state index in [0.717, 1.165) is 39.1 Å². The van der Waals surface area contributed by atoms with Gasteiger partial charge in [0, 0.05) is 38.8 Å². The summed E-state index contributed by atoms with van der Waals surface area (Å²) in [5.74, 6) is -0.677. The van der Waals surface area contributed by atoms with Gasteiger partial charge in [0.15, 0.2) is 0 Å². The third-order valence-electron chi connectivity index (χ3n) is 3.88. The van der Waals surface area contributed by atoms with Crippen molar-refractivity contribution in [3.63, 3.8) is 0 Å². The fraction of sp³-hybridized carbons (Fsp3) is 0.909. The number of likely N-dealkylation sites (N-methyl/N-ethyl adjacent to an activating group) is 2. The number of carboxylic acid groups (broad SMARTS) is 1. The number of carboxylic acids is 1. The number of likely N-dealkylation sites (tertiary alicyclic amines) is 1. The largest absolute Gasteiger partial charge is 0.480 e. The molecule has 0 radical (unpaired) electrons. The summed E-state index contributed by atoms with van der Waals surface area (Å²) in [4.78, 5) is 17.9. The topological polar surface area (TPSA) is 47.0 Å². The Kier molecular flexibility index (Phi) is 3.47. The van der Waals surface area contributed by atoms with Gasteiger partial charge in [-0.15, -0.1) is 0 Å². The number of hydrogen-bond acceptors (Lipinski definition) is 4. The molecule has 5 nitrogen and oxygen atoms in total. The summed E-state index contributed by atoms with van der Waals surface area (Å²) in [5, 5.41) is 9.26. The quantitative estimate of drug-likeness (QED) is 0.682. The Labute approximate surface area is 96.6 Å². The smallest absolute Gasteiger partial charge is 0.322 e. The van der Waals surface area contributed by atoms with Crippen LogP contribution in [0.2, 0.25) is 0 Å². The molecule has 2 fully saturated rings. The van der Waals surface area contributed by atoms with Gasteiger partial charge in [0.1, 0.15) is 6.04 Å². The van der Waals surface area contributed by atoms with Crippen molar-refractivity contribution in [3.05, 3.63) is 0 Å². The first-order valence-electron chi connectivity index (χ1n) is 5.95. The molecule has 2 aliphatic heterocycles. The summed E-state index contributed by atoms with van der Waals surface area (Å²) in [7, 11) is 4.03. The number of hydrogen-bond donors (Lipinski definition) is 1. The third-order valence-corrected chi connectivity index (χ3v) is 3.88. The van der Waals surface area contributed by atoms with Gasteiger partial charge in [-0.1, -0.05) is 0 Å². The van der Waals surface area contributed by atoms with Crippen LogP contribution in [0.5, 0.6) is 0 Å². The molecule has 2 heterocycles. The molecule has 2 saturated heterocycles. The Morgan fingerprint density at radius 1 is 1.12 bits per heavy atom. The number of piperazine rings is 1. The van der Waals surface area contributed by atoms with Crippen LogP contribution in [0.25, 0.3) is 0 Å². The Balaban J connectivity index is 2.00. The zero-order chi connectivity index (χ0) is 11.7. The van der Waals surface area contributed by atoms with Gasteiger partial charge in [-0.05, 0) is 20.5 Å². The lowest BCUT2D eigenvalue weighted by atomic mass is 10.1. The maximum atomic E-state index is 11.3. The zero-order valence-corrected chi connectivity index (χ0v) is 10.1. The lowest BCUT2D eigenvalue weighted by Crippen LogP contribution is -2.54. The minimum Gasteiger partial charge on any atom is -0.480 e. The van der Waals surface area contributed by atoms with E-state index in [2.05, 4.69) is 16.8 Å². The van der Waals surface area contributed by atoms with Crippen molar-refractivity contribution < 1.29 is 9.90 Å². The first-order chi connectivity index (χ1) is 7.59. The molecule has 2 aliphatic rings. The summed E-state index contributed by atoms with van der Waals surface area (Å²) < 4.78 is 0. The molecule has 16 heavy (non-hydrogen) atoms. The lowest BCUT2D eigenvalue weighted by Gasteiger charge is -2.38. The molecule has 0 bridgehead atoms. The first-order valence-corrected chi connectivity index (χ1v) is 5.95. The van der Waals surface area contributed by atoms with E-state index in [-0.39, 0.29) is 12.1 Å². The maximum absolute atomic E-state index is 11.3. The lowest BCUT2D eigenvalue weighted by molar-refractivity contribution is -0.143. The predicted molar refractivity (Wildman–Crippen MR) is 61.5 cm³/mol. The van der Waals surface area contributed by atoms with Crippen molar-refractivity contribution in [2.24, 2.45) is 0 Å². The monoisotopic (exact) mass is 227 g/mol. The first kappa shape index (κ1) is 11.8. The Morgan fingerprint density at radius 2 is 1.75 bits per heavy atom. The zero-order valence-electron chi connectivity index (χ0n) is 10.1. The standard InChI is InChI=1S/C11H21N3O2/c1-12-5-7-14(8-6-12)9-3-4-13(2)10(9)11(15)16/h9-10H,3-8H2,1-2H3,(H,15,16)/t9?,10-/m0/s1. The van der Waals surface area contributed by atoms with Crippen LogP contribution in [0, 0.1) is 0 Å². The average molecular weight is 227 g/mol. The number of aliphatic carboxylic acids is 1. The van der Waals surface area contributed by atoms with E-state index < -0.39 is 5.97 Å².